The highest BCUT2D eigenvalue weighted by atomic mass is 16.5. The zero-order chi connectivity index (χ0) is 11.2. The van der Waals surface area contributed by atoms with E-state index in [0.717, 1.165) is 25.9 Å². The molecule has 0 aromatic rings. The van der Waals surface area contributed by atoms with Crippen LogP contribution in [0.2, 0.25) is 0 Å². The minimum Gasteiger partial charge on any atom is -0.378 e. The van der Waals surface area contributed by atoms with Crippen LogP contribution in [-0.2, 0) is 9.53 Å². The second-order valence-corrected chi connectivity index (χ2v) is 5.60. The molecule has 2 unspecified atom stereocenters. The highest BCUT2D eigenvalue weighted by molar-refractivity contribution is 5.81. The average molecular weight is 223 g/mol. The third-order valence-electron chi connectivity index (χ3n) is 4.70. The Bertz CT molecular complexity index is 294. The van der Waals surface area contributed by atoms with E-state index in [9.17, 15) is 4.79 Å². The first kappa shape index (κ1) is 10.6. The van der Waals surface area contributed by atoms with E-state index < -0.39 is 0 Å². The zero-order valence-corrected chi connectivity index (χ0v) is 10.00. The van der Waals surface area contributed by atoms with Gasteiger partial charge in [0.2, 0.25) is 5.91 Å². The highest BCUT2D eigenvalue weighted by Gasteiger charge is 2.59. The molecule has 3 saturated carbocycles. The monoisotopic (exact) mass is 223 g/mol. The maximum Gasteiger partial charge on any atom is 0.223 e. The molecule has 0 aliphatic heterocycles. The van der Waals surface area contributed by atoms with E-state index in [-0.39, 0.29) is 0 Å². The van der Waals surface area contributed by atoms with E-state index in [0.29, 0.717) is 29.4 Å². The Morgan fingerprint density at radius 3 is 2.69 bits per heavy atom. The molecular formula is C13H21NO2. The number of carbonyl (C=O) groups excluding carboxylic acids is 1. The molecule has 1 N–H and O–H groups in total. The van der Waals surface area contributed by atoms with Crippen molar-refractivity contribution in [2.24, 2.45) is 11.3 Å². The summed E-state index contributed by atoms with van der Waals surface area (Å²) < 4.78 is 5.77. The Morgan fingerprint density at radius 1 is 1.44 bits per heavy atom. The van der Waals surface area contributed by atoms with Crippen molar-refractivity contribution in [3.8, 4) is 0 Å². The second kappa shape index (κ2) is 3.73. The normalized spacial score (nSPS) is 35.3. The van der Waals surface area contributed by atoms with E-state index in [4.69, 9.17) is 4.74 Å². The number of ether oxygens (including phenoxy) is 1. The summed E-state index contributed by atoms with van der Waals surface area (Å²) in [6, 6.07) is 0.408. The third-order valence-corrected chi connectivity index (χ3v) is 4.70. The molecule has 1 spiro atoms. The first-order chi connectivity index (χ1) is 7.76. The first-order valence-corrected chi connectivity index (χ1v) is 6.68. The maximum atomic E-state index is 11.7. The molecule has 3 aliphatic rings. The number of hydrogen-bond donors (Lipinski definition) is 1. The van der Waals surface area contributed by atoms with Gasteiger partial charge in [0.25, 0.3) is 0 Å². The molecular weight excluding hydrogens is 202 g/mol. The number of hydrogen-bond acceptors (Lipinski definition) is 2. The van der Waals surface area contributed by atoms with Gasteiger partial charge in [-0.3, -0.25) is 4.79 Å². The van der Waals surface area contributed by atoms with Crippen LogP contribution in [0.3, 0.4) is 0 Å². The van der Waals surface area contributed by atoms with E-state index in [1.807, 2.05) is 0 Å². The summed E-state index contributed by atoms with van der Waals surface area (Å²) in [5.41, 5.74) is 0.320. The van der Waals surface area contributed by atoms with Gasteiger partial charge < -0.3 is 10.1 Å². The summed E-state index contributed by atoms with van der Waals surface area (Å²) in [5, 5.41) is 3.24. The highest BCUT2D eigenvalue weighted by Crippen LogP contribution is 2.57. The lowest BCUT2D eigenvalue weighted by Gasteiger charge is -2.61. The van der Waals surface area contributed by atoms with Crippen molar-refractivity contribution in [3.05, 3.63) is 0 Å². The van der Waals surface area contributed by atoms with Gasteiger partial charge in [-0.05, 0) is 39.0 Å². The fourth-order valence-corrected chi connectivity index (χ4v) is 3.28. The quantitative estimate of drug-likeness (QED) is 0.790. The predicted molar refractivity (Wildman–Crippen MR) is 61.0 cm³/mol. The lowest BCUT2D eigenvalue weighted by atomic mass is 9.51. The Morgan fingerprint density at radius 2 is 2.19 bits per heavy atom. The van der Waals surface area contributed by atoms with Gasteiger partial charge in [0.1, 0.15) is 0 Å². The average Bonchev–Trinajstić information content (AvgIpc) is 2.96. The minimum atomic E-state index is 0.297. The Hall–Kier alpha value is -0.570. The van der Waals surface area contributed by atoms with Crippen LogP contribution in [0.4, 0.5) is 0 Å². The van der Waals surface area contributed by atoms with Gasteiger partial charge in [0.15, 0.2) is 0 Å². The van der Waals surface area contributed by atoms with Crippen molar-refractivity contribution in [2.45, 2.75) is 57.6 Å². The van der Waals surface area contributed by atoms with Gasteiger partial charge in [0.05, 0.1) is 6.10 Å². The van der Waals surface area contributed by atoms with E-state index in [2.05, 4.69) is 12.2 Å². The van der Waals surface area contributed by atoms with Gasteiger partial charge in [-0.1, -0.05) is 6.42 Å². The van der Waals surface area contributed by atoms with Crippen LogP contribution >= 0.6 is 0 Å². The number of rotatable bonds is 4. The number of amides is 1. The molecule has 3 rings (SSSR count). The summed E-state index contributed by atoms with van der Waals surface area (Å²) in [5.74, 6) is 0.634. The molecule has 0 bridgehead atoms. The van der Waals surface area contributed by atoms with Crippen molar-refractivity contribution in [1.29, 1.82) is 0 Å². The predicted octanol–water partition coefficient (Wildman–Crippen LogP) is 1.86. The molecule has 3 fully saturated rings. The van der Waals surface area contributed by atoms with Crippen LogP contribution in [0.15, 0.2) is 0 Å². The second-order valence-electron chi connectivity index (χ2n) is 5.60. The Kier molecular flexibility index (Phi) is 2.46. The van der Waals surface area contributed by atoms with Crippen LogP contribution in [0, 0.1) is 11.3 Å². The standard InChI is InChI=1S/C13H21NO2/c1-2-16-11-8-10(13(11)6-3-7-13)14-12(15)9-4-5-9/h9-11H,2-8H2,1H3,(H,14,15). The molecule has 0 saturated heterocycles. The molecule has 2 atom stereocenters. The topological polar surface area (TPSA) is 38.3 Å². The van der Waals surface area contributed by atoms with E-state index in [1.165, 1.54) is 19.3 Å². The molecule has 0 aromatic carbocycles. The van der Waals surface area contributed by atoms with Crippen LogP contribution < -0.4 is 5.32 Å². The lowest BCUT2D eigenvalue weighted by Crippen LogP contribution is -2.67. The SMILES string of the molecule is CCOC1CC(NC(=O)C2CC2)C12CCC2. The molecule has 0 aromatic heterocycles. The third kappa shape index (κ3) is 1.48. The maximum absolute atomic E-state index is 11.7. The van der Waals surface area contributed by atoms with Gasteiger partial charge in [-0.25, -0.2) is 0 Å². The summed E-state index contributed by atoms with van der Waals surface area (Å²) in [6.07, 6.45) is 7.43. The van der Waals surface area contributed by atoms with Crippen molar-refractivity contribution in [2.75, 3.05) is 6.61 Å². The van der Waals surface area contributed by atoms with Crippen molar-refractivity contribution in [1.82, 2.24) is 5.32 Å². The van der Waals surface area contributed by atoms with Gasteiger partial charge in [-0.15, -0.1) is 0 Å². The van der Waals surface area contributed by atoms with Crippen molar-refractivity contribution >= 4 is 5.91 Å². The molecule has 3 heteroatoms. The van der Waals surface area contributed by atoms with Crippen molar-refractivity contribution < 1.29 is 9.53 Å². The fraction of sp³-hybridized carbons (Fsp3) is 0.923. The first-order valence-electron chi connectivity index (χ1n) is 6.68. The van der Waals surface area contributed by atoms with Crippen LogP contribution in [0.5, 0.6) is 0 Å². The molecule has 3 nitrogen and oxygen atoms in total. The summed E-state index contributed by atoms with van der Waals surface area (Å²) in [4.78, 5) is 11.7. The van der Waals surface area contributed by atoms with Gasteiger partial charge in [-0.2, -0.15) is 0 Å². The number of carbonyl (C=O) groups is 1. The van der Waals surface area contributed by atoms with Crippen LogP contribution in [-0.4, -0.2) is 24.7 Å². The van der Waals surface area contributed by atoms with E-state index in [1.54, 1.807) is 0 Å². The largest absolute Gasteiger partial charge is 0.378 e. The van der Waals surface area contributed by atoms with E-state index >= 15 is 0 Å². The zero-order valence-electron chi connectivity index (χ0n) is 10.00. The Balaban J connectivity index is 1.58. The van der Waals surface area contributed by atoms with Crippen LogP contribution in [0.25, 0.3) is 0 Å². The Labute approximate surface area is 96.9 Å². The lowest BCUT2D eigenvalue weighted by molar-refractivity contribution is -0.176. The number of nitrogens with one attached hydrogen (secondary N) is 1. The molecule has 0 heterocycles. The van der Waals surface area contributed by atoms with Crippen LogP contribution in [0.1, 0.15) is 45.4 Å². The smallest absolute Gasteiger partial charge is 0.223 e. The van der Waals surface area contributed by atoms with Gasteiger partial charge >= 0.3 is 0 Å². The molecule has 0 radical (unpaired) electrons. The molecule has 16 heavy (non-hydrogen) atoms. The molecule has 3 aliphatic carbocycles. The van der Waals surface area contributed by atoms with Gasteiger partial charge in [0, 0.05) is 24.0 Å². The van der Waals surface area contributed by atoms with Crippen molar-refractivity contribution in [3.63, 3.8) is 0 Å². The summed E-state index contributed by atoms with van der Waals surface area (Å²) in [6.45, 7) is 2.86. The minimum absolute atomic E-state index is 0.297. The fourth-order valence-electron chi connectivity index (χ4n) is 3.28. The summed E-state index contributed by atoms with van der Waals surface area (Å²) in [7, 11) is 0. The molecule has 1 amide bonds. The summed E-state index contributed by atoms with van der Waals surface area (Å²) >= 11 is 0. The molecule has 90 valence electrons.